The fourth-order valence-electron chi connectivity index (χ4n) is 4.48. The average molecular weight is 593 g/mol. The summed E-state index contributed by atoms with van der Waals surface area (Å²) in [5, 5.41) is 8.89. The summed E-state index contributed by atoms with van der Waals surface area (Å²) in [6, 6.07) is 4.34. The lowest BCUT2D eigenvalue weighted by atomic mass is 10.1. The molecular weight excluding hydrogens is 573 g/mol. The highest BCUT2D eigenvalue weighted by molar-refractivity contribution is 6.30. The van der Waals surface area contributed by atoms with Crippen LogP contribution in [-0.4, -0.2) is 58.7 Å². The van der Waals surface area contributed by atoms with E-state index in [1.807, 2.05) is 0 Å². The molecule has 0 atom stereocenters. The average Bonchev–Trinajstić information content (AvgIpc) is 2.86. The number of carbonyl (C=O) groups is 1. The van der Waals surface area contributed by atoms with Crippen LogP contribution in [0.4, 0.5) is 42.1 Å². The number of alkyl halides is 6. The van der Waals surface area contributed by atoms with Crippen molar-refractivity contribution in [3.63, 3.8) is 0 Å². The highest BCUT2D eigenvalue weighted by Crippen LogP contribution is 2.39. The first-order valence-corrected chi connectivity index (χ1v) is 12.1. The summed E-state index contributed by atoms with van der Waals surface area (Å²) in [5.41, 5.74) is -3.60. The van der Waals surface area contributed by atoms with Gasteiger partial charge < -0.3 is 19.5 Å². The second kappa shape index (κ2) is 10.6. The summed E-state index contributed by atoms with van der Waals surface area (Å²) in [4.78, 5) is 29.5. The van der Waals surface area contributed by atoms with Crippen molar-refractivity contribution in [2.75, 3.05) is 31.1 Å². The van der Waals surface area contributed by atoms with Crippen LogP contribution in [0.15, 0.2) is 46.3 Å². The number of hydrogen-bond donors (Lipinski definition) is 1. The molecule has 214 valence electrons. The molecule has 1 saturated heterocycles. The molecule has 1 aliphatic heterocycles. The summed E-state index contributed by atoms with van der Waals surface area (Å²) in [7, 11) is 0. The Morgan fingerprint density at radius 2 is 1.70 bits per heavy atom. The zero-order chi connectivity index (χ0) is 29.6. The van der Waals surface area contributed by atoms with E-state index in [0.29, 0.717) is 12.1 Å². The van der Waals surface area contributed by atoms with Gasteiger partial charge in [-0.25, -0.2) is 14.2 Å². The molecular formula is C25H20ClF7N4O3. The van der Waals surface area contributed by atoms with Crippen molar-refractivity contribution < 1.29 is 40.6 Å². The van der Waals surface area contributed by atoms with Crippen LogP contribution in [0.1, 0.15) is 22.8 Å². The van der Waals surface area contributed by atoms with Gasteiger partial charge in [-0.1, -0.05) is 11.6 Å². The van der Waals surface area contributed by atoms with Gasteiger partial charge in [0.2, 0.25) is 11.3 Å². The smallest absolute Gasteiger partial charge is 0.449 e. The molecule has 0 amide bonds. The van der Waals surface area contributed by atoms with Gasteiger partial charge in [0.25, 0.3) is 0 Å². The first-order valence-electron chi connectivity index (χ1n) is 11.7. The van der Waals surface area contributed by atoms with Gasteiger partial charge in [-0.2, -0.15) is 26.3 Å². The second-order valence-corrected chi connectivity index (χ2v) is 9.29. The topological polar surface area (TPSA) is 78.1 Å². The zero-order valence-corrected chi connectivity index (χ0v) is 21.3. The number of pyridine rings is 1. The lowest BCUT2D eigenvalue weighted by Gasteiger charge is -2.38. The predicted molar refractivity (Wildman–Crippen MR) is 134 cm³/mol. The number of piperazine rings is 1. The van der Waals surface area contributed by atoms with Crippen LogP contribution in [-0.2, 0) is 12.7 Å². The molecule has 0 saturated carbocycles. The minimum Gasteiger partial charge on any atom is -0.477 e. The Hall–Kier alpha value is -3.81. The number of fused-ring (bicyclic) bond motifs is 1. The number of aryl methyl sites for hydroxylation is 1. The molecule has 2 heterocycles. The first-order chi connectivity index (χ1) is 18.6. The number of nitrogens with zero attached hydrogens (tertiary/aromatic N) is 4. The maximum atomic E-state index is 15.1. The normalized spacial score (nSPS) is 15.2. The number of anilines is 1. The Balaban J connectivity index is 1.68. The number of carboxylic acid groups (broad SMARTS) is 1. The molecule has 1 aromatic heterocycles. The molecule has 1 N–H and O–H groups in total. The fraction of sp³-hybridized carbons (Fsp3) is 0.320. The Morgan fingerprint density at radius 3 is 2.25 bits per heavy atom. The summed E-state index contributed by atoms with van der Waals surface area (Å²) < 4.78 is 98.6. The minimum atomic E-state index is -5.11. The number of aromatic nitrogens is 1. The van der Waals surface area contributed by atoms with Crippen LogP contribution in [0.5, 0.6) is 0 Å². The molecule has 0 bridgehead atoms. The summed E-state index contributed by atoms with van der Waals surface area (Å²) in [5.74, 6) is -3.92. The van der Waals surface area contributed by atoms with E-state index in [4.69, 9.17) is 11.6 Å². The number of rotatable bonds is 4. The zero-order valence-electron chi connectivity index (χ0n) is 20.6. The molecule has 0 radical (unpaired) electrons. The predicted octanol–water partition coefficient (Wildman–Crippen LogP) is 5.95. The van der Waals surface area contributed by atoms with Crippen LogP contribution < -0.4 is 10.3 Å². The van der Waals surface area contributed by atoms with E-state index in [0.717, 1.165) is 23.2 Å². The SMILES string of the molecule is CCn1cc(C(=O)O)c(=O)c2cc(F)c(N3CCN(C(=Nc4cc(Cl)ccc4C(F)(F)F)C(F)(F)F)CC3)cc21. The van der Waals surface area contributed by atoms with Gasteiger partial charge in [-0.15, -0.1) is 0 Å². The number of halogens is 8. The summed E-state index contributed by atoms with van der Waals surface area (Å²) >= 11 is 5.73. The van der Waals surface area contributed by atoms with Crippen molar-refractivity contribution in [3.8, 4) is 0 Å². The van der Waals surface area contributed by atoms with Gasteiger partial charge in [0.15, 0.2) is 0 Å². The Labute approximate surface area is 226 Å². The number of amidine groups is 1. The molecule has 0 aliphatic carbocycles. The molecule has 40 heavy (non-hydrogen) atoms. The van der Waals surface area contributed by atoms with E-state index in [9.17, 15) is 41.0 Å². The largest absolute Gasteiger partial charge is 0.477 e. The lowest BCUT2D eigenvalue weighted by molar-refractivity contribution is -0.137. The molecule has 4 rings (SSSR count). The van der Waals surface area contributed by atoms with Gasteiger partial charge in [0.05, 0.1) is 22.5 Å². The van der Waals surface area contributed by atoms with Crippen LogP contribution in [0.25, 0.3) is 10.9 Å². The third-order valence-electron chi connectivity index (χ3n) is 6.38. The highest BCUT2D eigenvalue weighted by Gasteiger charge is 2.42. The Bertz CT molecular complexity index is 1560. The number of hydrogen-bond acceptors (Lipinski definition) is 4. The maximum Gasteiger partial charge on any atom is 0.449 e. The number of benzene rings is 2. The molecule has 0 spiro atoms. The van der Waals surface area contributed by atoms with Crippen molar-refractivity contribution in [1.82, 2.24) is 9.47 Å². The van der Waals surface area contributed by atoms with Crippen LogP contribution >= 0.6 is 11.6 Å². The van der Waals surface area contributed by atoms with E-state index in [1.165, 1.54) is 15.5 Å². The van der Waals surface area contributed by atoms with E-state index in [1.54, 1.807) is 6.92 Å². The molecule has 1 fully saturated rings. The second-order valence-electron chi connectivity index (χ2n) is 8.85. The first kappa shape index (κ1) is 29.2. The van der Waals surface area contributed by atoms with Gasteiger partial charge in [-0.3, -0.25) is 4.79 Å². The molecule has 7 nitrogen and oxygen atoms in total. The minimum absolute atomic E-state index is 0.0310. The van der Waals surface area contributed by atoms with Crippen molar-refractivity contribution in [3.05, 3.63) is 68.7 Å². The summed E-state index contributed by atoms with van der Waals surface area (Å²) in [6.45, 7) is 0.863. The molecule has 15 heteroatoms. The molecule has 3 aromatic rings. The van der Waals surface area contributed by atoms with E-state index in [2.05, 4.69) is 4.99 Å². The number of aliphatic imine (C=N–C) groups is 1. The molecule has 2 aromatic carbocycles. The third-order valence-corrected chi connectivity index (χ3v) is 6.62. The van der Waals surface area contributed by atoms with Gasteiger partial charge in [0.1, 0.15) is 11.4 Å². The molecule has 1 aliphatic rings. The van der Waals surface area contributed by atoms with Gasteiger partial charge in [-0.05, 0) is 37.3 Å². The van der Waals surface area contributed by atoms with Crippen LogP contribution in [0.2, 0.25) is 5.02 Å². The van der Waals surface area contributed by atoms with Crippen molar-refractivity contribution in [2.45, 2.75) is 25.8 Å². The van der Waals surface area contributed by atoms with Gasteiger partial charge in [0, 0.05) is 49.3 Å². The highest BCUT2D eigenvalue weighted by atomic mass is 35.5. The van der Waals surface area contributed by atoms with Crippen molar-refractivity contribution >= 4 is 45.7 Å². The van der Waals surface area contributed by atoms with E-state index in [-0.39, 0.29) is 54.3 Å². The van der Waals surface area contributed by atoms with Crippen LogP contribution in [0.3, 0.4) is 0 Å². The van der Waals surface area contributed by atoms with Crippen molar-refractivity contribution in [1.29, 1.82) is 0 Å². The van der Waals surface area contributed by atoms with Crippen LogP contribution in [0, 0.1) is 5.82 Å². The monoisotopic (exact) mass is 592 g/mol. The van der Waals surface area contributed by atoms with E-state index >= 15 is 4.39 Å². The fourth-order valence-corrected chi connectivity index (χ4v) is 4.65. The number of carboxylic acids is 1. The standard InChI is InChI=1S/C25H20ClF7N4O3/c1-2-35-12-15(22(39)40)21(38)14-10-17(27)20(11-19(14)35)36-5-7-37(8-6-36)23(25(31,32)33)34-18-9-13(26)3-4-16(18)24(28,29)30/h3-4,9-12H,2,5-8H2,1H3,(H,39,40). The quantitative estimate of drug-likeness (QED) is 0.230. The van der Waals surface area contributed by atoms with Gasteiger partial charge >= 0.3 is 18.3 Å². The van der Waals surface area contributed by atoms with Crippen molar-refractivity contribution in [2.24, 2.45) is 4.99 Å². The Morgan fingerprint density at radius 1 is 1.05 bits per heavy atom. The Kier molecular flexibility index (Phi) is 7.76. The number of aromatic carboxylic acids is 1. The summed E-state index contributed by atoms with van der Waals surface area (Å²) in [6.07, 6.45) is -8.96. The lowest BCUT2D eigenvalue weighted by Crippen LogP contribution is -2.52. The van der Waals surface area contributed by atoms with E-state index < -0.39 is 52.2 Å². The third kappa shape index (κ3) is 5.71. The molecule has 0 unspecified atom stereocenters. The maximum absolute atomic E-state index is 15.1.